The van der Waals surface area contributed by atoms with Crippen LogP contribution in [0.25, 0.3) is 0 Å². The van der Waals surface area contributed by atoms with Crippen LogP contribution < -0.4 is 10.2 Å². The second-order valence-electron chi connectivity index (χ2n) is 5.99. The molecule has 0 spiro atoms. The number of benzene rings is 2. The molecule has 2 amide bonds. The van der Waals surface area contributed by atoms with Gasteiger partial charge >= 0.3 is 0 Å². The molecule has 5 nitrogen and oxygen atoms in total. The number of anilines is 2. The minimum absolute atomic E-state index is 0.0627. The first kappa shape index (κ1) is 17.0. The Morgan fingerprint density at radius 2 is 2.08 bits per heavy atom. The van der Waals surface area contributed by atoms with Crippen molar-refractivity contribution in [1.29, 1.82) is 5.26 Å². The fourth-order valence-electron chi connectivity index (χ4n) is 2.91. The molecule has 3 rings (SSSR count). The Bertz CT molecular complexity index is 888. The number of halogens is 1. The average Bonchev–Trinajstić information content (AvgIpc) is 2.97. The Hall–Kier alpha value is -2.84. The molecule has 1 saturated heterocycles. The number of nitrogens with zero attached hydrogens (tertiary/aromatic N) is 2. The third-order valence-corrected chi connectivity index (χ3v) is 4.57. The van der Waals surface area contributed by atoms with Gasteiger partial charge in [0.15, 0.2) is 0 Å². The van der Waals surface area contributed by atoms with Crippen LogP contribution in [0.15, 0.2) is 42.5 Å². The molecule has 6 heteroatoms. The van der Waals surface area contributed by atoms with Crippen molar-refractivity contribution in [3.8, 4) is 6.07 Å². The average molecular weight is 354 g/mol. The van der Waals surface area contributed by atoms with E-state index in [1.54, 1.807) is 17.0 Å². The molecule has 1 aliphatic rings. The Morgan fingerprint density at radius 1 is 1.32 bits per heavy atom. The number of carbonyl (C=O) groups is 2. The third-order valence-electron chi connectivity index (χ3n) is 4.26. The van der Waals surface area contributed by atoms with Crippen LogP contribution >= 0.6 is 11.6 Å². The number of nitriles is 1. The smallest absolute Gasteiger partial charge is 0.229 e. The molecule has 1 fully saturated rings. The molecule has 0 aliphatic carbocycles. The number of hydrogen-bond acceptors (Lipinski definition) is 3. The molecule has 0 radical (unpaired) electrons. The first-order valence-electron chi connectivity index (χ1n) is 7.86. The lowest BCUT2D eigenvalue weighted by atomic mass is 10.1. The van der Waals surface area contributed by atoms with Crippen molar-refractivity contribution in [3.05, 3.63) is 58.6 Å². The lowest BCUT2D eigenvalue weighted by molar-refractivity contribution is -0.122. The normalized spacial score (nSPS) is 16.6. The van der Waals surface area contributed by atoms with Crippen LogP contribution in [-0.2, 0) is 9.59 Å². The predicted octanol–water partition coefficient (Wildman–Crippen LogP) is 3.51. The molecule has 1 N–H and O–H groups in total. The van der Waals surface area contributed by atoms with E-state index in [4.69, 9.17) is 16.9 Å². The first-order chi connectivity index (χ1) is 12.0. The molecular weight excluding hydrogens is 338 g/mol. The van der Waals surface area contributed by atoms with Gasteiger partial charge in [-0.1, -0.05) is 29.8 Å². The van der Waals surface area contributed by atoms with Gasteiger partial charge < -0.3 is 10.2 Å². The summed E-state index contributed by atoms with van der Waals surface area (Å²) in [5.41, 5.74) is 2.69. The van der Waals surface area contributed by atoms with Crippen molar-refractivity contribution >= 4 is 34.8 Å². The van der Waals surface area contributed by atoms with Crippen LogP contribution in [0.4, 0.5) is 11.4 Å². The van der Waals surface area contributed by atoms with E-state index in [0.717, 1.165) is 11.3 Å². The van der Waals surface area contributed by atoms with Gasteiger partial charge in [0.25, 0.3) is 0 Å². The molecule has 1 atom stereocenters. The van der Waals surface area contributed by atoms with Crippen LogP contribution in [0.3, 0.4) is 0 Å². The Balaban J connectivity index is 1.72. The van der Waals surface area contributed by atoms with Gasteiger partial charge in [-0.05, 0) is 36.8 Å². The van der Waals surface area contributed by atoms with Gasteiger partial charge in [-0.2, -0.15) is 5.26 Å². The summed E-state index contributed by atoms with van der Waals surface area (Å²) in [4.78, 5) is 26.5. The molecule has 1 heterocycles. The number of amides is 2. The molecule has 1 aliphatic heterocycles. The van der Waals surface area contributed by atoms with Crippen molar-refractivity contribution in [2.75, 3.05) is 16.8 Å². The van der Waals surface area contributed by atoms with E-state index in [1.165, 1.54) is 6.07 Å². The largest absolute Gasteiger partial charge is 0.326 e. The summed E-state index contributed by atoms with van der Waals surface area (Å²) in [6.07, 6.45) is 0.171. The number of carbonyl (C=O) groups excluding carboxylic acids is 2. The number of nitrogens with one attached hydrogen (secondary N) is 1. The van der Waals surface area contributed by atoms with E-state index in [1.807, 2.05) is 37.3 Å². The number of rotatable bonds is 3. The summed E-state index contributed by atoms with van der Waals surface area (Å²) in [6, 6.07) is 14.3. The zero-order valence-corrected chi connectivity index (χ0v) is 14.4. The summed E-state index contributed by atoms with van der Waals surface area (Å²) in [6.45, 7) is 2.29. The molecule has 0 aromatic heterocycles. The van der Waals surface area contributed by atoms with Crippen LogP contribution in [0.2, 0.25) is 5.02 Å². The highest BCUT2D eigenvalue weighted by molar-refractivity contribution is 6.32. The molecule has 126 valence electrons. The lowest BCUT2D eigenvalue weighted by Gasteiger charge is -2.19. The van der Waals surface area contributed by atoms with Gasteiger partial charge in [0, 0.05) is 24.3 Å². The predicted molar refractivity (Wildman–Crippen MR) is 96.4 cm³/mol. The number of para-hydroxylation sites is 1. The molecule has 1 unspecified atom stereocenters. The lowest BCUT2D eigenvalue weighted by Crippen LogP contribution is -2.28. The molecule has 2 aromatic rings. The van der Waals surface area contributed by atoms with E-state index < -0.39 is 5.92 Å². The SMILES string of the molecule is Cc1ccccc1N1CC(C(=O)Nc2ccc(C#N)c(Cl)c2)CC1=O. The van der Waals surface area contributed by atoms with Gasteiger partial charge in [-0.15, -0.1) is 0 Å². The Labute approximate surface area is 150 Å². The number of aryl methyl sites for hydroxylation is 1. The topological polar surface area (TPSA) is 73.2 Å². The molecular formula is C19H16ClN3O2. The molecule has 25 heavy (non-hydrogen) atoms. The summed E-state index contributed by atoms with van der Waals surface area (Å²) in [7, 11) is 0. The van der Waals surface area contributed by atoms with Crippen LogP contribution in [0.5, 0.6) is 0 Å². The second-order valence-corrected chi connectivity index (χ2v) is 6.39. The second kappa shape index (κ2) is 6.96. The van der Waals surface area contributed by atoms with Gasteiger partial charge in [0.05, 0.1) is 16.5 Å². The van der Waals surface area contributed by atoms with E-state index in [2.05, 4.69) is 5.32 Å². The van der Waals surface area contributed by atoms with Crippen LogP contribution in [-0.4, -0.2) is 18.4 Å². The van der Waals surface area contributed by atoms with E-state index >= 15 is 0 Å². The first-order valence-corrected chi connectivity index (χ1v) is 8.24. The zero-order valence-electron chi connectivity index (χ0n) is 13.6. The molecule has 2 aromatic carbocycles. The minimum Gasteiger partial charge on any atom is -0.326 e. The molecule has 0 bridgehead atoms. The van der Waals surface area contributed by atoms with Crippen molar-refractivity contribution < 1.29 is 9.59 Å². The zero-order chi connectivity index (χ0) is 18.0. The highest BCUT2D eigenvalue weighted by Crippen LogP contribution is 2.29. The van der Waals surface area contributed by atoms with Gasteiger partial charge in [-0.25, -0.2) is 0 Å². The fraction of sp³-hybridized carbons (Fsp3) is 0.211. The number of hydrogen-bond donors (Lipinski definition) is 1. The van der Waals surface area contributed by atoms with E-state index in [9.17, 15) is 9.59 Å². The van der Waals surface area contributed by atoms with Crippen molar-refractivity contribution in [2.45, 2.75) is 13.3 Å². The fourth-order valence-corrected chi connectivity index (χ4v) is 3.13. The van der Waals surface area contributed by atoms with Crippen molar-refractivity contribution in [1.82, 2.24) is 0 Å². The quantitative estimate of drug-likeness (QED) is 0.917. The van der Waals surface area contributed by atoms with Gasteiger partial charge in [-0.3, -0.25) is 9.59 Å². The summed E-state index contributed by atoms with van der Waals surface area (Å²) in [5.74, 6) is -0.723. The highest BCUT2D eigenvalue weighted by atomic mass is 35.5. The summed E-state index contributed by atoms with van der Waals surface area (Å²) < 4.78 is 0. The van der Waals surface area contributed by atoms with Crippen LogP contribution in [0.1, 0.15) is 17.5 Å². The third kappa shape index (κ3) is 3.49. The Morgan fingerprint density at radius 3 is 2.76 bits per heavy atom. The monoisotopic (exact) mass is 353 g/mol. The highest BCUT2D eigenvalue weighted by Gasteiger charge is 2.35. The van der Waals surface area contributed by atoms with Gasteiger partial charge in [0.2, 0.25) is 11.8 Å². The standard InChI is InChI=1S/C19H16ClN3O2/c1-12-4-2-3-5-17(12)23-11-14(8-18(23)24)19(25)22-15-7-6-13(10-21)16(20)9-15/h2-7,9,14H,8,11H2,1H3,(H,22,25). The summed E-state index contributed by atoms with van der Waals surface area (Å²) >= 11 is 5.98. The maximum Gasteiger partial charge on any atom is 0.229 e. The van der Waals surface area contributed by atoms with Crippen LogP contribution in [0, 0.1) is 24.2 Å². The Kier molecular flexibility index (Phi) is 4.73. The van der Waals surface area contributed by atoms with E-state index in [-0.39, 0.29) is 23.3 Å². The maximum absolute atomic E-state index is 12.5. The van der Waals surface area contributed by atoms with E-state index in [0.29, 0.717) is 17.8 Å². The van der Waals surface area contributed by atoms with Crippen molar-refractivity contribution in [3.63, 3.8) is 0 Å². The van der Waals surface area contributed by atoms with Crippen molar-refractivity contribution in [2.24, 2.45) is 5.92 Å². The maximum atomic E-state index is 12.5. The summed E-state index contributed by atoms with van der Waals surface area (Å²) in [5, 5.41) is 11.9. The van der Waals surface area contributed by atoms with Gasteiger partial charge in [0.1, 0.15) is 6.07 Å². The minimum atomic E-state index is -0.429. The molecule has 0 saturated carbocycles.